The third kappa shape index (κ3) is 5.47. The molecule has 0 spiro atoms. The molecule has 15 heavy (non-hydrogen) atoms. The van der Waals surface area contributed by atoms with E-state index in [1.807, 2.05) is 0 Å². The average molecular weight is 216 g/mol. The van der Waals surface area contributed by atoms with E-state index in [0.29, 0.717) is 6.61 Å². The Balaban J connectivity index is 2.07. The van der Waals surface area contributed by atoms with Crippen molar-refractivity contribution in [1.29, 1.82) is 0 Å². The van der Waals surface area contributed by atoms with Crippen molar-refractivity contribution in [2.45, 2.75) is 19.3 Å². The third-order valence-electron chi connectivity index (χ3n) is 2.97. The van der Waals surface area contributed by atoms with Crippen molar-refractivity contribution in [3.05, 3.63) is 0 Å². The van der Waals surface area contributed by atoms with E-state index in [1.165, 1.54) is 25.9 Å². The predicted octanol–water partition coefficient (Wildman–Crippen LogP) is 0.0561. The Morgan fingerprint density at radius 2 is 2.27 bits per heavy atom. The van der Waals surface area contributed by atoms with E-state index in [2.05, 4.69) is 4.90 Å². The van der Waals surface area contributed by atoms with Gasteiger partial charge in [-0.25, -0.2) is 0 Å². The number of likely N-dealkylation sites (tertiary alicyclic amines) is 1. The smallest absolute Gasteiger partial charge is 0.0698 e. The highest BCUT2D eigenvalue weighted by Gasteiger charge is 2.18. The number of nitrogens with zero attached hydrogens (tertiary/aromatic N) is 1. The quantitative estimate of drug-likeness (QED) is 0.591. The molecule has 0 aromatic rings. The molecule has 1 aliphatic rings. The first kappa shape index (κ1) is 12.9. The van der Waals surface area contributed by atoms with Crippen LogP contribution in [0.1, 0.15) is 19.3 Å². The van der Waals surface area contributed by atoms with E-state index < -0.39 is 0 Å². The van der Waals surface area contributed by atoms with Gasteiger partial charge in [0.05, 0.1) is 19.8 Å². The van der Waals surface area contributed by atoms with Gasteiger partial charge >= 0.3 is 0 Å². The maximum Gasteiger partial charge on any atom is 0.0698 e. The minimum Gasteiger partial charge on any atom is -0.394 e. The van der Waals surface area contributed by atoms with Crippen molar-refractivity contribution in [2.24, 2.45) is 11.7 Å². The third-order valence-corrected chi connectivity index (χ3v) is 2.97. The summed E-state index contributed by atoms with van der Waals surface area (Å²) in [4.78, 5) is 2.45. The Kier molecular flexibility index (Phi) is 6.92. The number of aliphatic hydroxyl groups is 1. The molecule has 4 nitrogen and oxygen atoms in total. The fourth-order valence-electron chi connectivity index (χ4n) is 2.19. The zero-order chi connectivity index (χ0) is 10.9. The minimum atomic E-state index is 0.121. The van der Waals surface area contributed by atoms with Crippen molar-refractivity contribution in [2.75, 3.05) is 46.0 Å². The summed E-state index contributed by atoms with van der Waals surface area (Å²) in [5, 5.41) is 8.56. The molecule has 0 aliphatic carbocycles. The van der Waals surface area contributed by atoms with Crippen LogP contribution in [0.25, 0.3) is 0 Å². The number of rotatable bonds is 7. The molecule has 1 saturated heterocycles. The van der Waals surface area contributed by atoms with Gasteiger partial charge in [0.15, 0.2) is 0 Å². The highest BCUT2D eigenvalue weighted by Crippen LogP contribution is 2.18. The number of hydrogen-bond donors (Lipinski definition) is 2. The van der Waals surface area contributed by atoms with Crippen molar-refractivity contribution < 1.29 is 9.84 Å². The van der Waals surface area contributed by atoms with Crippen LogP contribution in [0.2, 0.25) is 0 Å². The molecule has 0 aromatic heterocycles. The molecule has 0 saturated carbocycles. The van der Waals surface area contributed by atoms with E-state index >= 15 is 0 Å². The van der Waals surface area contributed by atoms with E-state index in [1.54, 1.807) is 0 Å². The number of nitrogens with two attached hydrogens (primary N) is 1. The minimum absolute atomic E-state index is 0.121. The number of aliphatic hydroxyl groups excluding tert-OH is 1. The Hall–Kier alpha value is -0.160. The van der Waals surface area contributed by atoms with Gasteiger partial charge < -0.3 is 20.5 Å². The monoisotopic (exact) mass is 216 g/mol. The second-order valence-electron chi connectivity index (χ2n) is 4.22. The topological polar surface area (TPSA) is 58.7 Å². The lowest BCUT2D eigenvalue weighted by molar-refractivity contribution is 0.0620. The van der Waals surface area contributed by atoms with Crippen LogP contribution in [0.15, 0.2) is 0 Å². The first-order chi connectivity index (χ1) is 7.36. The summed E-state index contributed by atoms with van der Waals surface area (Å²) in [5.41, 5.74) is 5.57. The molecule has 0 amide bonds. The average Bonchev–Trinajstić information content (AvgIpc) is 2.26. The Bertz CT molecular complexity index is 154. The van der Waals surface area contributed by atoms with E-state index in [-0.39, 0.29) is 6.61 Å². The summed E-state index contributed by atoms with van der Waals surface area (Å²) in [6.45, 7) is 5.45. The maximum absolute atomic E-state index is 8.56. The molecular formula is C11H24N2O2. The maximum atomic E-state index is 8.56. The van der Waals surface area contributed by atoms with Crippen LogP contribution in [-0.4, -0.2) is 56.0 Å². The Labute approximate surface area is 92.4 Å². The zero-order valence-corrected chi connectivity index (χ0v) is 9.53. The van der Waals surface area contributed by atoms with Gasteiger partial charge in [0, 0.05) is 13.1 Å². The number of piperidine rings is 1. The summed E-state index contributed by atoms with van der Waals surface area (Å²) < 4.78 is 5.26. The van der Waals surface area contributed by atoms with E-state index in [4.69, 9.17) is 15.6 Å². The summed E-state index contributed by atoms with van der Waals surface area (Å²) in [6, 6.07) is 0. The van der Waals surface area contributed by atoms with E-state index in [9.17, 15) is 0 Å². The lowest BCUT2D eigenvalue weighted by Gasteiger charge is -2.32. The van der Waals surface area contributed by atoms with Crippen LogP contribution in [0.4, 0.5) is 0 Å². The predicted molar refractivity (Wildman–Crippen MR) is 60.7 cm³/mol. The molecule has 0 radical (unpaired) electrons. The highest BCUT2D eigenvalue weighted by atomic mass is 16.5. The van der Waals surface area contributed by atoms with E-state index in [0.717, 1.165) is 32.0 Å². The van der Waals surface area contributed by atoms with Gasteiger partial charge in [0.25, 0.3) is 0 Å². The molecule has 1 heterocycles. The van der Waals surface area contributed by atoms with Crippen molar-refractivity contribution in [3.63, 3.8) is 0 Å². The lowest BCUT2D eigenvalue weighted by Crippen LogP contribution is -2.38. The first-order valence-corrected chi connectivity index (χ1v) is 5.98. The zero-order valence-electron chi connectivity index (χ0n) is 9.53. The van der Waals surface area contributed by atoms with Crippen LogP contribution >= 0.6 is 0 Å². The molecule has 3 N–H and O–H groups in total. The molecule has 1 aliphatic heterocycles. The van der Waals surface area contributed by atoms with Crippen molar-refractivity contribution in [1.82, 2.24) is 4.90 Å². The second-order valence-corrected chi connectivity index (χ2v) is 4.22. The van der Waals surface area contributed by atoms with Crippen LogP contribution < -0.4 is 5.73 Å². The second kappa shape index (κ2) is 8.05. The molecule has 0 bridgehead atoms. The summed E-state index contributed by atoms with van der Waals surface area (Å²) >= 11 is 0. The van der Waals surface area contributed by atoms with Crippen molar-refractivity contribution in [3.8, 4) is 0 Å². The molecule has 1 unspecified atom stereocenters. The van der Waals surface area contributed by atoms with Gasteiger partial charge in [0.1, 0.15) is 0 Å². The largest absolute Gasteiger partial charge is 0.394 e. The van der Waals surface area contributed by atoms with Gasteiger partial charge in [-0.2, -0.15) is 0 Å². The molecule has 90 valence electrons. The van der Waals surface area contributed by atoms with Crippen LogP contribution in [0.3, 0.4) is 0 Å². The standard InChI is InChI=1S/C11H24N2O2/c12-4-3-11-2-1-5-13(10-11)6-8-15-9-7-14/h11,14H,1-10,12H2. The van der Waals surface area contributed by atoms with Crippen molar-refractivity contribution >= 4 is 0 Å². The van der Waals surface area contributed by atoms with Gasteiger partial charge in [-0.1, -0.05) is 0 Å². The number of ether oxygens (including phenoxy) is 1. The van der Waals surface area contributed by atoms with Crippen LogP contribution in [0.5, 0.6) is 0 Å². The molecule has 1 atom stereocenters. The number of hydrogen-bond acceptors (Lipinski definition) is 4. The van der Waals surface area contributed by atoms with Gasteiger partial charge in [-0.05, 0) is 38.3 Å². The SMILES string of the molecule is NCCC1CCCN(CCOCCO)C1. The molecule has 1 fully saturated rings. The molecule has 4 heteroatoms. The summed E-state index contributed by atoms with van der Waals surface area (Å²) in [5.74, 6) is 0.779. The normalized spacial score (nSPS) is 23.2. The lowest BCUT2D eigenvalue weighted by atomic mass is 9.95. The van der Waals surface area contributed by atoms with Gasteiger partial charge in [-0.15, -0.1) is 0 Å². The highest BCUT2D eigenvalue weighted by molar-refractivity contribution is 4.72. The summed E-state index contributed by atoms with van der Waals surface area (Å²) in [6.07, 6.45) is 3.75. The van der Waals surface area contributed by atoms with Crippen LogP contribution in [-0.2, 0) is 4.74 Å². The summed E-state index contributed by atoms with van der Waals surface area (Å²) in [7, 11) is 0. The van der Waals surface area contributed by atoms with Gasteiger partial charge in [0.2, 0.25) is 0 Å². The van der Waals surface area contributed by atoms with Crippen LogP contribution in [0, 0.1) is 5.92 Å². The molecule has 1 rings (SSSR count). The Morgan fingerprint density at radius 3 is 3.00 bits per heavy atom. The fraction of sp³-hybridized carbons (Fsp3) is 1.00. The molecule has 0 aromatic carbocycles. The first-order valence-electron chi connectivity index (χ1n) is 5.98. The fourth-order valence-corrected chi connectivity index (χ4v) is 2.19. The molecular weight excluding hydrogens is 192 g/mol. The van der Waals surface area contributed by atoms with Gasteiger partial charge in [-0.3, -0.25) is 0 Å². The Morgan fingerprint density at radius 1 is 1.40 bits per heavy atom.